The number of aromatic nitrogens is 3. The number of piperidine rings is 1. The number of fused-ring (bicyclic) bond motifs is 1. The maximum Gasteiger partial charge on any atom is 0.278 e. The molecular formula is C26H34N6O4. The molecule has 3 N–H and O–H groups in total. The van der Waals surface area contributed by atoms with E-state index in [1.807, 2.05) is 6.07 Å². The topological polar surface area (TPSA) is 114 Å². The first-order valence-corrected chi connectivity index (χ1v) is 12.7. The Morgan fingerprint density at radius 1 is 1.19 bits per heavy atom. The minimum absolute atomic E-state index is 0.364. The molecular weight excluding hydrogens is 460 g/mol. The normalized spacial score (nSPS) is 18.9. The number of hydrogen-bond acceptors (Lipinski definition) is 8. The lowest BCUT2D eigenvalue weighted by Gasteiger charge is -2.32. The van der Waals surface area contributed by atoms with Gasteiger partial charge in [0.05, 0.1) is 12.7 Å². The van der Waals surface area contributed by atoms with Crippen LogP contribution in [0.5, 0.6) is 5.75 Å². The van der Waals surface area contributed by atoms with Crippen LogP contribution < -0.4 is 20.4 Å². The Labute approximate surface area is 210 Å². The number of nitrogens with zero attached hydrogens (tertiary/aromatic N) is 3. The maximum atomic E-state index is 12.3. The van der Waals surface area contributed by atoms with Crippen molar-refractivity contribution in [3.63, 3.8) is 0 Å². The zero-order chi connectivity index (χ0) is 24.7. The number of anilines is 1. The Morgan fingerprint density at radius 2 is 2.03 bits per heavy atom. The number of H-pyrrole nitrogens is 1. The summed E-state index contributed by atoms with van der Waals surface area (Å²) in [6.45, 7) is 4.23. The second kappa shape index (κ2) is 11.7. The van der Waals surface area contributed by atoms with Gasteiger partial charge in [0.2, 0.25) is 5.95 Å². The van der Waals surface area contributed by atoms with Crippen molar-refractivity contribution in [1.29, 1.82) is 0 Å². The maximum absolute atomic E-state index is 12.3. The van der Waals surface area contributed by atoms with E-state index in [1.54, 1.807) is 19.5 Å². The van der Waals surface area contributed by atoms with E-state index in [4.69, 9.17) is 14.3 Å². The molecule has 2 saturated heterocycles. The number of aromatic amines is 1. The van der Waals surface area contributed by atoms with E-state index in [9.17, 15) is 4.79 Å². The molecule has 2 aliphatic heterocycles. The lowest BCUT2D eigenvalue weighted by atomic mass is 9.97. The molecule has 0 bridgehead atoms. The molecule has 3 aromatic rings. The molecule has 2 aliphatic rings. The van der Waals surface area contributed by atoms with Gasteiger partial charge >= 0.3 is 0 Å². The predicted octanol–water partition coefficient (Wildman–Crippen LogP) is 3.16. The molecule has 1 amide bonds. The first kappa shape index (κ1) is 24.5. The van der Waals surface area contributed by atoms with E-state index < -0.39 is 0 Å². The number of methoxy groups -OCH3 is 1. The van der Waals surface area contributed by atoms with Gasteiger partial charge in [-0.2, -0.15) is 0 Å². The van der Waals surface area contributed by atoms with Crippen molar-refractivity contribution >= 4 is 22.8 Å². The van der Waals surface area contributed by atoms with Gasteiger partial charge in [0.25, 0.3) is 5.91 Å². The number of amides is 1. The smallest absolute Gasteiger partial charge is 0.278 e. The van der Waals surface area contributed by atoms with Crippen LogP contribution in [0.4, 0.5) is 5.95 Å². The zero-order valence-corrected chi connectivity index (χ0v) is 20.7. The fraction of sp³-hybridized carbons (Fsp3) is 0.500. The third-order valence-corrected chi connectivity index (χ3v) is 6.94. The van der Waals surface area contributed by atoms with Gasteiger partial charge in [-0.1, -0.05) is 0 Å². The molecule has 1 aromatic carbocycles. The third-order valence-electron chi connectivity index (χ3n) is 6.94. The van der Waals surface area contributed by atoms with Gasteiger partial charge in [0.15, 0.2) is 6.29 Å². The van der Waals surface area contributed by atoms with Crippen LogP contribution >= 0.6 is 0 Å². The molecule has 5 rings (SSSR count). The van der Waals surface area contributed by atoms with E-state index in [0.717, 1.165) is 69.5 Å². The highest BCUT2D eigenvalue weighted by molar-refractivity contribution is 5.92. The molecule has 2 aromatic heterocycles. The Morgan fingerprint density at radius 3 is 2.78 bits per heavy atom. The largest absolute Gasteiger partial charge is 0.497 e. The molecule has 4 heterocycles. The van der Waals surface area contributed by atoms with Gasteiger partial charge in [-0.3, -0.25) is 4.79 Å². The van der Waals surface area contributed by atoms with Gasteiger partial charge in [-0.15, -0.1) is 0 Å². The molecule has 0 spiro atoms. The summed E-state index contributed by atoms with van der Waals surface area (Å²) in [6.07, 6.45) is 9.74. The Kier molecular flexibility index (Phi) is 7.95. The fourth-order valence-corrected chi connectivity index (χ4v) is 4.76. The Balaban J connectivity index is 1.05. The minimum atomic E-state index is -0.385. The van der Waals surface area contributed by atoms with Crippen LogP contribution in [0.2, 0.25) is 0 Å². The molecule has 1 atom stereocenters. The van der Waals surface area contributed by atoms with Crippen LogP contribution in [0, 0.1) is 5.92 Å². The van der Waals surface area contributed by atoms with Crippen LogP contribution in [-0.2, 0) is 16.1 Å². The summed E-state index contributed by atoms with van der Waals surface area (Å²) < 4.78 is 10.8. The number of rotatable bonds is 9. The van der Waals surface area contributed by atoms with Gasteiger partial charge in [-0.25, -0.2) is 20.3 Å². The number of ether oxygens (including phenoxy) is 2. The van der Waals surface area contributed by atoms with Crippen LogP contribution in [0.15, 0.2) is 36.8 Å². The molecule has 10 heteroatoms. The van der Waals surface area contributed by atoms with Crippen molar-refractivity contribution in [2.24, 2.45) is 5.92 Å². The molecule has 192 valence electrons. The van der Waals surface area contributed by atoms with Crippen molar-refractivity contribution in [3.05, 3.63) is 47.9 Å². The zero-order valence-electron chi connectivity index (χ0n) is 20.7. The first-order chi connectivity index (χ1) is 17.7. The predicted molar refractivity (Wildman–Crippen MR) is 136 cm³/mol. The lowest BCUT2D eigenvalue weighted by molar-refractivity contribution is -0.186. The van der Waals surface area contributed by atoms with Crippen molar-refractivity contribution in [3.8, 4) is 5.75 Å². The minimum Gasteiger partial charge on any atom is -0.497 e. The highest BCUT2D eigenvalue weighted by Gasteiger charge is 2.22. The standard InChI is InChI=1S/C26H34N6O4/c1-34-21-5-6-23-22(12-21)19(15-28-23)14-27-13-18-7-9-32(10-8-18)26-29-16-20(17-30-26)25(33)31-36-24-4-2-3-11-35-24/h5-6,12,15-18,24,27-28H,2-4,7-11,13-14H2,1H3,(H,31,33). The average molecular weight is 495 g/mol. The molecule has 0 saturated carbocycles. The number of hydrogen-bond donors (Lipinski definition) is 3. The average Bonchev–Trinajstić information content (AvgIpc) is 3.35. The third kappa shape index (κ3) is 5.95. The van der Waals surface area contributed by atoms with Crippen LogP contribution in [0.25, 0.3) is 10.9 Å². The van der Waals surface area contributed by atoms with Crippen LogP contribution in [-0.4, -0.2) is 60.5 Å². The monoisotopic (exact) mass is 494 g/mol. The van der Waals surface area contributed by atoms with Gasteiger partial charge in [0.1, 0.15) is 5.75 Å². The first-order valence-electron chi connectivity index (χ1n) is 12.7. The number of nitrogens with one attached hydrogen (secondary N) is 3. The molecule has 0 radical (unpaired) electrons. The van der Waals surface area contributed by atoms with E-state index in [2.05, 4.69) is 49.0 Å². The summed E-state index contributed by atoms with van der Waals surface area (Å²) >= 11 is 0. The van der Waals surface area contributed by atoms with Crippen molar-refractivity contribution in [2.45, 2.75) is 44.9 Å². The van der Waals surface area contributed by atoms with Crippen molar-refractivity contribution in [2.75, 3.05) is 38.3 Å². The number of benzene rings is 1. The second-order valence-electron chi connectivity index (χ2n) is 9.40. The van der Waals surface area contributed by atoms with Crippen molar-refractivity contribution in [1.82, 2.24) is 25.7 Å². The molecule has 2 fully saturated rings. The lowest BCUT2D eigenvalue weighted by Crippen LogP contribution is -2.38. The molecule has 36 heavy (non-hydrogen) atoms. The summed E-state index contributed by atoms with van der Waals surface area (Å²) in [5, 5.41) is 4.82. The number of hydroxylamine groups is 1. The van der Waals surface area contributed by atoms with Crippen LogP contribution in [0.1, 0.15) is 48.0 Å². The Hall–Kier alpha value is -3.21. The van der Waals surface area contributed by atoms with E-state index in [-0.39, 0.29) is 12.2 Å². The molecule has 1 unspecified atom stereocenters. The SMILES string of the molecule is COc1ccc2[nH]cc(CNCC3CCN(c4ncc(C(=O)NOC5CCCCO5)cn4)CC3)c2c1. The summed E-state index contributed by atoms with van der Waals surface area (Å²) in [7, 11) is 1.69. The van der Waals surface area contributed by atoms with E-state index in [0.29, 0.717) is 24.0 Å². The number of carbonyl (C=O) groups excluding carboxylic acids is 1. The van der Waals surface area contributed by atoms with Gasteiger partial charge < -0.3 is 24.7 Å². The quantitative estimate of drug-likeness (QED) is 0.389. The molecule has 0 aliphatic carbocycles. The van der Waals surface area contributed by atoms with E-state index >= 15 is 0 Å². The Bertz CT molecular complexity index is 1140. The fourth-order valence-electron chi connectivity index (χ4n) is 4.76. The summed E-state index contributed by atoms with van der Waals surface area (Å²) in [4.78, 5) is 32.0. The highest BCUT2D eigenvalue weighted by Crippen LogP contribution is 2.24. The summed E-state index contributed by atoms with van der Waals surface area (Å²) in [5.41, 5.74) is 5.18. The number of carbonyl (C=O) groups is 1. The molecule has 10 nitrogen and oxygen atoms in total. The highest BCUT2D eigenvalue weighted by atomic mass is 16.8. The van der Waals surface area contributed by atoms with Gasteiger partial charge in [0, 0.05) is 62.2 Å². The van der Waals surface area contributed by atoms with Gasteiger partial charge in [-0.05, 0) is 61.9 Å². The summed E-state index contributed by atoms with van der Waals surface area (Å²) in [6, 6.07) is 6.10. The van der Waals surface area contributed by atoms with Crippen molar-refractivity contribution < 1.29 is 19.1 Å². The van der Waals surface area contributed by atoms with Crippen LogP contribution in [0.3, 0.4) is 0 Å². The van der Waals surface area contributed by atoms with E-state index in [1.165, 1.54) is 10.9 Å². The summed E-state index contributed by atoms with van der Waals surface area (Å²) in [5.74, 6) is 1.76. The second-order valence-corrected chi connectivity index (χ2v) is 9.40.